The van der Waals surface area contributed by atoms with Gasteiger partial charge in [0.2, 0.25) is 5.91 Å². The summed E-state index contributed by atoms with van der Waals surface area (Å²) in [6.45, 7) is 7.68. The number of aryl methyl sites for hydroxylation is 1. The lowest BCUT2D eigenvalue weighted by atomic mass is 10.1. The van der Waals surface area contributed by atoms with Crippen LogP contribution in [0, 0.1) is 12.7 Å². The van der Waals surface area contributed by atoms with Crippen molar-refractivity contribution in [2.75, 3.05) is 31.8 Å². The van der Waals surface area contributed by atoms with Crippen LogP contribution in [0.2, 0.25) is 0 Å². The SMILES string of the molecule is C=C/C(F)=C\C(F)=C(/CF)COc1ccc(F)cc1-c1ccc(C)n1-c1cc(C(=O)OC)cc(N2CCCC2=O)c1.CC. The number of aromatic nitrogens is 1. The fourth-order valence-electron chi connectivity index (χ4n) is 4.57. The van der Waals surface area contributed by atoms with E-state index in [0.29, 0.717) is 48.2 Å². The first kappa shape index (κ1) is 32.9. The summed E-state index contributed by atoms with van der Waals surface area (Å²) in [7, 11) is 1.25. The molecule has 1 aliphatic heterocycles. The van der Waals surface area contributed by atoms with Crippen molar-refractivity contribution in [2.45, 2.75) is 33.6 Å². The topological polar surface area (TPSA) is 60.8 Å². The minimum Gasteiger partial charge on any atom is -0.488 e. The number of halogens is 4. The first-order valence-corrected chi connectivity index (χ1v) is 13.7. The van der Waals surface area contributed by atoms with Crippen molar-refractivity contribution in [3.8, 4) is 22.7 Å². The third kappa shape index (κ3) is 7.63. The van der Waals surface area contributed by atoms with Crippen LogP contribution < -0.4 is 9.64 Å². The number of carbonyl (C=O) groups excluding carboxylic acids is 2. The second-order valence-electron chi connectivity index (χ2n) is 9.32. The Labute approximate surface area is 248 Å². The van der Waals surface area contributed by atoms with Gasteiger partial charge in [0.15, 0.2) is 0 Å². The Bertz CT molecular complexity index is 1560. The van der Waals surface area contributed by atoms with Gasteiger partial charge in [-0.05, 0) is 68.0 Å². The Kier molecular flexibility index (Phi) is 11.5. The Balaban J connectivity index is 0.00000248. The van der Waals surface area contributed by atoms with Crippen LogP contribution in [0.4, 0.5) is 23.2 Å². The molecule has 1 fully saturated rings. The molecule has 0 radical (unpaired) electrons. The lowest BCUT2D eigenvalue weighted by molar-refractivity contribution is -0.117. The third-order valence-corrected chi connectivity index (χ3v) is 6.62. The van der Waals surface area contributed by atoms with E-state index in [9.17, 15) is 27.2 Å². The highest BCUT2D eigenvalue weighted by molar-refractivity contribution is 5.98. The number of hydrogen-bond acceptors (Lipinski definition) is 4. The average molecular weight is 599 g/mol. The van der Waals surface area contributed by atoms with Crippen LogP contribution in [0.3, 0.4) is 0 Å². The molecule has 4 rings (SSSR count). The zero-order valence-electron chi connectivity index (χ0n) is 24.6. The number of carbonyl (C=O) groups is 2. The fourth-order valence-corrected chi connectivity index (χ4v) is 4.57. The van der Waals surface area contributed by atoms with Crippen molar-refractivity contribution in [3.05, 3.63) is 102 Å². The van der Waals surface area contributed by atoms with Crippen LogP contribution in [0.1, 0.15) is 42.7 Å². The van der Waals surface area contributed by atoms with E-state index in [0.717, 1.165) is 12.1 Å². The fraction of sp³-hybridized carbons (Fsp3) is 0.273. The maximum absolute atomic E-state index is 14.5. The highest BCUT2D eigenvalue weighted by atomic mass is 19.1. The van der Waals surface area contributed by atoms with Gasteiger partial charge < -0.3 is 18.9 Å². The number of allylic oxidation sites excluding steroid dienone is 4. The van der Waals surface area contributed by atoms with Crippen molar-refractivity contribution < 1.29 is 36.6 Å². The van der Waals surface area contributed by atoms with E-state index in [4.69, 9.17) is 9.47 Å². The van der Waals surface area contributed by atoms with Crippen molar-refractivity contribution in [2.24, 2.45) is 0 Å². The first-order valence-electron chi connectivity index (χ1n) is 13.7. The Morgan fingerprint density at radius 2 is 1.79 bits per heavy atom. The van der Waals surface area contributed by atoms with Gasteiger partial charge in [-0.25, -0.2) is 22.4 Å². The molecular weight excluding hydrogens is 564 g/mol. The number of alkyl halides is 1. The maximum atomic E-state index is 14.5. The largest absolute Gasteiger partial charge is 0.488 e. The van der Waals surface area contributed by atoms with Crippen LogP contribution in [0.5, 0.6) is 5.75 Å². The molecule has 3 aromatic rings. The normalized spacial score (nSPS) is 13.7. The van der Waals surface area contributed by atoms with Gasteiger partial charge in [-0.1, -0.05) is 20.4 Å². The lowest BCUT2D eigenvalue weighted by Gasteiger charge is -2.21. The predicted molar refractivity (Wildman–Crippen MR) is 159 cm³/mol. The van der Waals surface area contributed by atoms with Crippen LogP contribution >= 0.6 is 0 Å². The summed E-state index contributed by atoms with van der Waals surface area (Å²) in [5, 5.41) is 0. The minimum absolute atomic E-state index is 0.0741. The molecule has 0 N–H and O–H groups in total. The number of nitrogens with zero attached hydrogens (tertiary/aromatic N) is 2. The van der Waals surface area contributed by atoms with Gasteiger partial charge in [-0.2, -0.15) is 0 Å². The van der Waals surface area contributed by atoms with Gasteiger partial charge >= 0.3 is 5.97 Å². The van der Waals surface area contributed by atoms with E-state index in [2.05, 4.69) is 6.58 Å². The van der Waals surface area contributed by atoms with Crippen LogP contribution in [0.15, 0.2) is 84.5 Å². The smallest absolute Gasteiger partial charge is 0.337 e. The predicted octanol–water partition coefficient (Wildman–Crippen LogP) is 8.14. The number of rotatable bonds is 10. The monoisotopic (exact) mass is 598 g/mol. The zero-order valence-corrected chi connectivity index (χ0v) is 24.6. The van der Waals surface area contributed by atoms with Crippen LogP contribution in [0.25, 0.3) is 16.9 Å². The van der Waals surface area contributed by atoms with Gasteiger partial charge in [0.05, 0.1) is 18.4 Å². The average Bonchev–Trinajstić information content (AvgIpc) is 3.63. The third-order valence-electron chi connectivity index (χ3n) is 6.62. The van der Waals surface area contributed by atoms with Crippen molar-refractivity contribution >= 4 is 17.6 Å². The highest BCUT2D eigenvalue weighted by Crippen LogP contribution is 2.36. The van der Waals surface area contributed by atoms with E-state index >= 15 is 0 Å². The quantitative estimate of drug-likeness (QED) is 0.134. The molecule has 1 saturated heterocycles. The van der Waals surface area contributed by atoms with E-state index in [1.54, 1.807) is 46.7 Å². The number of amides is 1. The van der Waals surface area contributed by atoms with Crippen molar-refractivity contribution in [3.63, 3.8) is 0 Å². The number of hydrogen-bond donors (Lipinski definition) is 0. The Morgan fingerprint density at radius 1 is 1.07 bits per heavy atom. The zero-order chi connectivity index (χ0) is 31.7. The van der Waals surface area contributed by atoms with Crippen molar-refractivity contribution in [1.29, 1.82) is 0 Å². The molecule has 43 heavy (non-hydrogen) atoms. The number of methoxy groups -OCH3 is 1. The first-order chi connectivity index (χ1) is 20.7. The summed E-state index contributed by atoms with van der Waals surface area (Å²) < 4.78 is 68.3. The van der Waals surface area contributed by atoms with Gasteiger partial charge in [0.25, 0.3) is 0 Å². The molecule has 228 valence electrons. The minimum atomic E-state index is -1.24. The molecule has 0 saturated carbocycles. The van der Waals surface area contributed by atoms with E-state index in [-0.39, 0.29) is 22.8 Å². The molecule has 1 aromatic heterocycles. The molecule has 0 bridgehead atoms. The highest BCUT2D eigenvalue weighted by Gasteiger charge is 2.25. The van der Waals surface area contributed by atoms with Gasteiger partial charge in [0.1, 0.15) is 36.5 Å². The molecule has 2 aromatic carbocycles. The van der Waals surface area contributed by atoms with Gasteiger partial charge in [-0.15, -0.1) is 0 Å². The summed E-state index contributed by atoms with van der Waals surface area (Å²) in [6, 6.07) is 12.1. The molecule has 0 aliphatic carbocycles. The van der Waals surface area contributed by atoms with E-state index < -0.39 is 42.3 Å². The van der Waals surface area contributed by atoms with Gasteiger partial charge in [0, 0.05) is 47.2 Å². The lowest BCUT2D eigenvalue weighted by Crippen LogP contribution is -2.24. The maximum Gasteiger partial charge on any atom is 0.337 e. The molecule has 1 aliphatic rings. The molecule has 0 atom stereocenters. The standard InChI is InChI=1S/C31H28F4N2O4.C2H6/c1-4-22(33)15-27(35)21(17-32)18-41-29-10-8-23(34)14-26(29)28-9-7-19(2)37(28)25-13-20(31(39)40-3)12-24(16-25)36-11-5-6-30(36)38;1-2/h4,7-10,12-16H,1,5-6,11,17-18H2,2-3H3;1-2H3/b22-15+,27-21-;. The van der Waals surface area contributed by atoms with Crippen molar-refractivity contribution in [1.82, 2.24) is 4.57 Å². The molecular formula is C33H34F4N2O4. The number of ether oxygens (including phenoxy) is 2. The summed E-state index contributed by atoms with van der Waals surface area (Å²) in [6.07, 6.45) is 2.36. The second-order valence-corrected chi connectivity index (χ2v) is 9.32. The molecule has 10 heteroatoms. The number of esters is 1. The summed E-state index contributed by atoms with van der Waals surface area (Å²) >= 11 is 0. The summed E-state index contributed by atoms with van der Waals surface area (Å²) in [5.41, 5.74) is 2.17. The molecule has 1 amide bonds. The van der Waals surface area contributed by atoms with Crippen LogP contribution in [-0.2, 0) is 9.53 Å². The summed E-state index contributed by atoms with van der Waals surface area (Å²) in [4.78, 5) is 26.6. The molecule has 2 heterocycles. The van der Waals surface area contributed by atoms with Crippen LogP contribution in [-0.4, -0.2) is 43.4 Å². The Hall–Kier alpha value is -4.60. The second kappa shape index (κ2) is 15.0. The molecule has 0 spiro atoms. The molecule has 0 unspecified atom stereocenters. The van der Waals surface area contributed by atoms with E-state index in [1.165, 1.54) is 19.2 Å². The van der Waals surface area contributed by atoms with Gasteiger partial charge in [-0.3, -0.25) is 4.79 Å². The molecule has 6 nitrogen and oxygen atoms in total. The number of benzene rings is 2. The summed E-state index contributed by atoms with van der Waals surface area (Å²) in [5.74, 6) is -3.28. The van der Waals surface area contributed by atoms with E-state index in [1.807, 2.05) is 13.8 Å². The number of anilines is 1. The Morgan fingerprint density at radius 3 is 2.42 bits per heavy atom.